The summed E-state index contributed by atoms with van der Waals surface area (Å²) in [5, 5.41) is 4.96. The molecule has 0 unspecified atom stereocenters. The van der Waals surface area contributed by atoms with Crippen LogP contribution in [0.4, 0.5) is 4.79 Å². The first-order chi connectivity index (χ1) is 10.1. The maximum atomic E-state index is 11.7. The zero-order valence-electron chi connectivity index (χ0n) is 11.5. The number of nitrogens with one attached hydrogen (secondary N) is 2. The standard InChI is InChI=1S/C13H16N4O4/c1-9(21-10-3-2-4-14-6-10)5-15-11(18)8-17-12(19)7-16-13(17)20/h2-4,6,9H,5,7-8H2,1H3,(H,15,18)(H,16,20)/t9-/m0/s1. The van der Waals surface area contributed by atoms with Gasteiger partial charge in [-0.25, -0.2) is 4.79 Å². The molecule has 1 aromatic heterocycles. The van der Waals surface area contributed by atoms with Gasteiger partial charge in [0.2, 0.25) is 5.91 Å². The third-order valence-electron chi connectivity index (χ3n) is 2.80. The molecule has 8 heteroatoms. The molecule has 1 aromatic rings. The van der Waals surface area contributed by atoms with Crippen LogP contribution >= 0.6 is 0 Å². The molecule has 1 saturated heterocycles. The molecule has 1 aliphatic rings. The van der Waals surface area contributed by atoms with E-state index < -0.39 is 17.8 Å². The van der Waals surface area contributed by atoms with E-state index in [9.17, 15) is 14.4 Å². The fraction of sp³-hybridized carbons (Fsp3) is 0.385. The van der Waals surface area contributed by atoms with Crippen molar-refractivity contribution in [3.63, 3.8) is 0 Å². The van der Waals surface area contributed by atoms with E-state index in [1.807, 2.05) is 0 Å². The van der Waals surface area contributed by atoms with E-state index >= 15 is 0 Å². The van der Waals surface area contributed by atoms with Crippen LogP contribution in [0.2, 0.25) is 0 Å². The molecule has 2 N–H and O–H groups in total. The number of rotatable bonds is 6. The van der Waals surface area contributed by atoms with E-state index in [4.69, 9.17) is 4.74 Å². The lowest BCUT2D eigenvalue weighted by Gasteiger charge is -2.16. The van der Waals surface area contributed by atoms with E-state index in [1.165, 1.54) is 0 Å². The molecule has 112 valence electrons. The van der Waals surface area contributed by atoms with E-state index in [1.54, 1.807) is 31.5 Å². The van der Waals surface area contributed by atoms with Gasteiger partial charge < -0.3 is 15.4 Å². The number of carbonyl (C=O) groups excluding carboxylic acids is 3. The average molecular weight is 292 g/mol. The lowest BCUT2D eigenvalue weighted by atomic mass is 10.3. The van der Waals surface area contributed by atoms with E-state index in [2.05, 4.69) is 15.6 Å². The first-order valence-electron chi connectivity index (χ1n) is 6.48. The minimum absolute atomic E-state index is 0.0629. The molecule has 0 radical (unpaired) electrons. The Morgan fingerprint density at radius 1 is 1.57 bits per heavy atom. The first-order valence-corrected chi connectivity index (χ1v) is 6.48. The van der Waals surface area contributed by atoms with Crippen molar-refractivity contribution in [1.29, 1.82) is 0 Å². The Balaban J connectivity index is 1.73. The number of carbonyl (C=O) groups is 3. The highest BCUT2D eigenvalue weighted by Crippen LogP contribution is 2.08. The fourth-order valence-electron chi connectivity index (χ4n) is 1.76. The third-order valence-corrected chi connectivity index (χ3v) is 2.80. The van der Waals surface area contributed by atoms with Crippen LogP contribution in [0.15, 0.2) is 24.5 Å². The van der Waals surface area contributed by atoms with Gasteiger partial charge >= 0.3 is 6.03 Å². The summed E-state index contributed by atoms with van der Waals surface area (Å²) in [6, 6.07) is 2.96. The Labute approximate surface area is 121 Å². The van der Waals surface area contributed by atoms with Crippen LogP contribution in [0.5, 0.6) is 5.75 Å². The van der Waals surface area contributed by atoms with Crippen LogP contribution in [-0.2, 0) is 9.59 Å². The number of hydrogen-bond donors (Lipinski definition) is 2. The molecule has 0 aliphatic carbocycles. The smallest absolute Gasteiger partial charge is 0.325 e. The number of amides is 4. The van der Waals surface area contributed by atoms with Crippen LogP contribution in [0.3, 0.4) is 0 Å². The lowest BCUT2D eigenvalue weighted by Crippen LogP contribution is -2.43. The molecule has 0 saturated carbocycles. The Morgan fingerprint density at radius 3 is 3.00 bits per heavy atom. The summed E-state index contributed by atoms with van der Waals surface area (Å²) in [7, 11) is 0. The molecule has 0 bridgehead atoms. The highest BCUT2D eigenvalue weighted by molar-refractivity contribution is 6.04. The van der Waals surface area contributed by atoms with Crippen molar-refractivity contribution >= 4 is 17.8 Å². The molecule has 4 amide bonds. The van der Waals surface area contributed by atoms with Crippen molar-refractivity contribution < 1.29 is 19.1 Å². The number of aromatic nitrogens is 1. The number of urea groups is 1. The minimum Gasteiger partial charge on any atom is -0.487 e. The molecule has 0 aromatic carbocycles. The molecule has 21 heavy (non-hydrogen) atoms. The number of pyridine rings is 1. The van der Waals surface area contributed by atoms with Crippen molar-refractivity contribution in [2.24, 2.45) is 0 Å². The predicted octanol–water partition coefficient (Wildman–Crippen LogP) is -0.483. The van der Waals surface area contributed by atoms with Crippen molar-refractivity contribution in [1.82, 2.24) is 20.5 Å². The zero-order chi connectivity index (χ0) is 15.2. The summed E-state index contributed by atoms with van der Waals surface area (Å²) in [5.41, 5.74) is 0. The van der Waals surface area contributed by atoms with E-state index in [-0.39, 0.29) is 25.7 Å². The van der Waals surface area contributed by atoms with Crippen molar-refractivity contribution in [3.8, 4) is 5.75 Å². The van der Waals surface area contributed by atoms with Gasteiger partial charge in [0.25, 0.3) is 5.91 Å². The quantitative estimate of drug-likeness (QED) is 0.690. The van der Waals surface area contributed by atoms with Gasteiger partial charge in [-0.1, -0.05) is 0 Å². The normalized spacial score (nSPS) is 15.6. The van der Waals surface area contributed by atoms with Gasteiger partial charge in [-0.2, -0.15) is 0 Å². The lowest BCUT2D eigenvalue weighted by molar-refractivity contribution is -0.130. The second-order valence-electron chi connectivity index (χ2n) is 4.56. The third kappa shape index (κ3) is 4.16. The van der Waals surface area contributed by atoms with Gasteiger partial charge in [-0.15, -0.1) is 0 Å². The molecule has 1 fully saturated rings. The Bertz CT molecular complexity index is 518. The van der Waals surface area contributed by atoms with Crippen LogP contribution in [-0.4, -0.2) is 53.5 Å². The summed E-state index contributed by atoms with van der Waals surface area (Å²) in [4.78, 5) is 39.1. The molecule has 8 nitrogen and oxygen atoms in total. The van der Waals surface area contributed by atoms with Crippen LogP contribution in [0, 0.1) is 0 Å². The monoisotopic (exact) mass is 292 g/mol. The Morgan fingerprint density at radius 2 is 2.38 bits per heavy atom. The van der Waals surface area contributed by atoms with Gasteiger partial charge in [-0.05, 0) is 19.1 Å². The Hall–Kier alpha value is -2.64. The number of ether oxygens (including phenoxy) is 1. The first kappa shape index (κ1) is 14.8. The number of hydrogen-bond acceptors (Lipinski definition) is 5. The average Bonchev–Trinajstić information content (AvgIpc) is 2.78. The van der Waals surface area contributed by atoms with Crippen LogP contribution in [0.25, 0.3) is 0 Å². The maximum Gasteiger partial charge on any atom is 0.325 e. The number of nitrogens with zero attached hydrogens (tertiary/aromatic N) is 2. The minimum atomic E-state index is -0.546. The highest BCUT2D eigenvalue weighted by Gasteiger charge is 2.30. The Kier molecular flexibility index (Phi) is 4.70. The highest BCUT2D eigenvalue weighted by atomic mass is 16.5. The fourth-order valence-corrected chi connectivity index (χ4v) is 1.76. The molecule has 2 heterocycles. The van der Waals surface area contributed by atoms with E-state index in [0.29, 0.717) is 5.75 Å². The van der Waals surface area contributed by atoms with Gasteiger partial charge in [0.1, 0.15) is 18.4 Å². The summed E-state index contributed by atoms with van der Waals surface area (Å²) >= 11 is 0. The molecular weight excluding hydrogens is 276 g/mol. The molecular formula is C13H16N4O4. The number of imide groups is 1. The second-order valence-corrected chi connectivity index (χ2v) is 4.56. The van der Waals surface area contributed by atoms with Crippen LogP contribution < -0.4 is 15.4 Å². The topological polar surface area (TPSA) is 101 Å². The van der Waals surface area contributed by atoms with E-state index in [0.717, 1.165) is 4.90 Å². The maximum absolute atomic E-state index is 11.7. The largest absolute Gasteiger partial charge is 0.487 e. The molecule has 1 aliphatic heterocycles. The SMILES string of the molecule is C[C@@H](CNC(=O)CN1C(=O)CNC1=O)Oc1cccnc1. The second kappa shape index (κ2) is 6.69. The summed E-state index contributed by atoms with van der Waals surface area (Å²) in [6.07, 6.45) is 2.95. The van der Waals surface area contributed by atoms with Gasteiger partial charge in [0.15, 0.2) is 0 Å². The molecule has 2 rings (SSSR count). The predicted molar refractivity (Wildman–Crippen MR) is 72.4 cm³/mol. The summed E-state index contributed by atoms with van der Waals surface area (Å²) < 4.78 is 5.54. The van der Waals surface area contributed by atoms with Crippen molar-refractivity contribution in [2.75, 3.05) is 19.6 Å². The van der Waals surface area contributed by atoms with Crippen molar-refractivity contribution in [2.45, 2.75) is 13.0 Å². The van der Waals surface area contributed by atoms with Crippen molar-refractivity contribution in [3.05, 3.63) is 24.5 Å². The van der Waals surface area contributed by atoms with Crippen LogP contribution in [0.1, 0.15) is 6.92 Å². The van der Waals surface area contributed by atoms with Gasteiger partial charge in [0, 0.05) is 6.20 Å². The summed E-state index contributed by atoms with van der Waals surface area (Å²) in [5.74, 6) is -0.217. The molecule has 0 spiro atoms. The zero-order valence-corrected chi connectivity index (χ0v) is 11.5. The van der Waals surface area contributed by atoms with Gasteiger partial charge in [-0.3, -0.25) is 19.5 Å². The molecule has 1 atom stereocenters. The van der Waals surface area contributed by atoms with Gasteiger partial charge in [0.05, 0.1) is 19.3 Å². The summed E-state index contributed by atoms with van der Waals surface area (Å²) in [6.45, 7) is 1.70.